The molecule has 1 saturated carbocycles. The molecule has 9 heteroatoms. The number of rotatable bonds is 7. The number of nitrogens with one attached hydrogen (secondary N) is 1. The highest BCUT2D eigenvalue weighted by atomic mass is 19.4. The molecule has 1 amide bonds. The van der Waals surface area contributed by atoms with Gasteiger partial charge >= 0.3 is 6.18 Å². The summed E-state index contributed by atoms with van der Waals surface area (Å²) in [7, 11) is 0. The fraction of sp³-hybridized carbons (Fsp3) is 0.650. The van der Waals surface area contributed by atoms with Crippen molar-refractivity contribution in [1.82, 2.24) is 5.48 Å². The van der Waals surface area contributed by atoms with Crippen LogP contribution in [-0.4, -0.2) is 39.1 Å². The van der Waals surface area contributed by atoms with Crippen LogP contribution >= 0.6 is 0 Å². The highest BCUT2D eigenvalue weighted by Crippen LogP contribution is 2.39. The largest absolute Gasteiger partial charge is 0.416 e. The minimum Gasteiger partial charge on any atom is -0.391 e. The van der Waals surface area contributed by atoms with Gasteiger partial charge < -0.3 is 15.9 Å². The van der Waals surface area contributed by atoms with Crippen molar-refractivity contribution in [1.29, 1.82) is 0 Å². The van der Waals surface area contributed by atoms with Crippen molar-refractivity contribution in [3.63, 3.8) is 0 Å². The second-order valence-electron chi connectivity index (χ2n) is 8.18. The second kappa shape index (κ2) is 9.42. The molecule has 0 aliphatic heterocycles. The topological polar surface area (TPSA) is 116 Å². The fourth-order valence-electron chi connectivity index (χ4n) is 3.96. The van der Waals surface area contributed by atoms with E-state index in [1.165, 1.54) is 12.1 Å². The summed E-state index contributed by atoms with van der Waals surface area (Å²) in [6.45, 7) is 2.04. The minimum absolute atomic E-state index is 0.0337. The Bertz CT molecular complexity index is 691. The fourth-order valence-corrected chi connectivity index (χ4v) is 3.96. The molecule has 0 saturated heterocycles. The molecule has 6 nitrogen and oxygen atoms in total. The smallest absolute Gasteiger partial charge is 0.391 e. The van der Waals surface area contributed by atoms with Gasteiger partial charge in [-0.1, -0.05) is 25.1 Å². The maximum atomic E-state index is 12.9. The maximum absolute atomic E-state index is 12.9. The number of amides is 1. The Hall–Kier alpha value is -1.68. The lowest BCUT2D eigenvalue weighted by molar-refractivity contribution is -0.150. The molecule has 3 atom stereocenters. The van der Waals surface area contributed by atoms with Crippen LogP contribution in [0.1, 0.15) is 50.2 Å². The van der Waals surface area contributed by atoms with Gasteiger partial charge in [0.05, 0.1) is 23.2 Å². The van der Waals surface area contributed by atoms with E-state index in [9.17, 15) is 28.2 Å². The quantitative estimate of drug-likeness (QED) is 0.344. The number of hydroxylamine groups is 1. The second-order valence-corrected chi connectivity index (χ2v) is 8.18. The predicted molar refractivity (Wildman–Crippen MR) is 99.7 cm³/mol. The van der Waals surface area contributed by atoms with Gasteiger partial charge in [-0.05, 0) is 56.1 Å². The number of halogens is 3. The molecule has 0 heterocycles. The number of carbonyl (C=O) groups excluding carboxylic acids is 1. The van der Waals surface area contributed by atoms with Crippen molar-refractivity contribution < 1.29 is 33.4 Å². The molecule has 6 N–H and O–H groups in total. The van der Waals surface area contributed by atoms with Gasteiger partial charge in [0.2, 0.25) is 5.91 Å². The summed E-state index contributed by atoms with van der Waals surface area (Å²) in [5.41, 5.74) is 5.65. The molecule has 1 aromatic rings. The van der Waals surface area contributed by atoms with E-state index in [-0.39, 0.29) is 12.8 Å². The molecule has 164 valence electrons. The maximum Gasteiger partial charge on any atom is 0.416 e. The van der Waals surface area contributed by atoms with Crippen molar-refractivity contribution in [3.05, 3.63) is 35.4 Å². The zero-order chi connectivity index (χ0) is 21.8. The Morgan fingerprint density at radius 1 is 1.34 bits per heavy atom. The van der Waals surface area contributed by atoms with Crippen LogP contribution in [0.4, 0.5) is 13.2 Å². The Morgan fingerprint density at radius 2 is 1.97 bits per heavy atom. The lowest BCUT2D eigenvalue weighted by Gasteiger charge is -2.41. The number of benzene rings is 1. The van der Waals surface area contributed by atoms with Crippen LogP contribution < -0.4 is 11.2 Å². The third-order valence-corrected chi connectivity index (χ3v) is 5.91. The van der Waals surface area contributed by atoms with E-state index in [1.807, 2.05) is 6.92 Å². The molecule has 1 aliphatic rings. The van der Waals surface area contributed by atoms with Gasteiger partial charge in [-0.2, -0.15) is 13.2 Å². The van der Waals surface area contributed by atoms with Gasteiger partial charge in [-0.3, -0.25) is 10.0 Å². The Balaban J connectivity index is 2.09. The van der Waals surface area contributed by atoms with Crippen LogP contribution in [0.3, 0.4) is 0 Å². The number of hydrogen-bond acceptors (Lipinski definition) is 5. The summed E-state index contributed by atoms with van der Waals surface area (Å²) in [5, 5.41) is 30.5. The highest BCUT2D eigenvalue weighted by molar-refractivity contribution is 5.78. The Kier molecular flexibility index (Phi) is 7.67. The zero-order valence-electron chi connectivity index (χ0n) is 16.3. The first-order chi connectivity index (χ1) is 13.5. The number of carbonyl (C=O) groups is 1. The summed E-state index contributed by atoms with van der Waals surface area (Å²) in [6, 6.07) is 3.73. The van der Waals surface area contributed by atoms with Crippen LogP contribution in [0, 0.1) is 11.8 Å². The molecule has 3 unspecified atom stereocenters. The average Bonchev–Trinajstić information content (AvgIpc) is 2.67. The molecule has 1 fully saturated rings. The van der Waals surface area contributed by atoms with Gasteiger partial charge in [0.15, 0.2) is 0 Å². The van der Waals surface area contributed by atoms with E-state index in [4.69, 9.17) is 10.9 Å². The molecule has 2 rings (SSSR count). The van der Waals surface area contributed by atoms with Crippen LogP contribution in [0.25, 0.3) is 0 Å². The first-order valence-electron chi connectivity index (χ1n) is 9.72. The molecular formula is C20H29F3N2O4. The van der Waals surface area contributed by atoms with E-state index in [2.05, 4.69) is 0 Å². The summed E-state index contributed by atoms with van der Waals surface area (Å²) in [4.78, 5) is 12.2. The predicted octanol–water partition coefficient (Wildman–Crippen LogP) is 2.39. The van der Waals surface area contributed by atoms with Crippen molar-refractivity contribution in [2.75, 3.05) is 0 Å². The normalized spacial score (nSPS) is 25.9. The van der Waals surface area contributed by atoms with Gasteiger partial charge in [-0.15, -0.1) is 0 Å². The van der Waals surface area contributed by atoms with Gasteiger partial charge in [0.25, 0.3) is 0 Å². The molecule has 1 aliphatic carbocycles. The molecule has 0 bridgehead atoms. The zero-order valence-corrected chi connectivity index (χ0v) is 16.3. The van der Waals surface area contributed by atoms with Gasteiger partial charge in [0.1, 0.15) is 0 Å². The minimum atomic E-state index is -4.48. The highest BCUT2D eigenvalue weighted by Gasteiger charge is 2.44. The number of aliphatic hydroxyl groups excluding tert-OH is 1. The Morgan fingerprint density at radius 3 is 2.52 bits per heavy atom. The first kappa shape index (κ1) is 23.6. The lowest BCUT2D eigenvalue weighted by atomic mass is 9.70. The van der Waals surface area contributed by atoms with E-state index in [0.717, 1.165) is 12.1 Å². The standard InChI is InChI=1S/C20H29F3N2O4/c1-12-5-7-19(28,8-6-12)15(18(27)25-29)11-17(26)16(24)10-13-3-2-4-14(9-13)20(21,22)23/h2-4,9,12,15-17,26,28-29H,5-8,10-11,24H2,1H3,(H,25,27). The average molecular weight is 418 g/mol. The monoisotopic (exact) mass is 418 g/mol. The summed E-state index contributed by atoms with van der Waals surface area (Å²) >= 11 is 0. The molecule has 0 radical (unpaired) electrons. The number of aliphatic hydroxyl groups is 2. The van der Waals surface area contributed by atoms with E-state index < -0.39 is 41.3 Å². The number of alkyl halides is 3. The lowest BCUT2D eigenvalue weighted by Crippen LogP contribution is -2.51. The third-order valence-electron chi connectivity index (χ3n) is 5.91. The van der Waals surface area contributed by atoms with Crippen molar-refractivity contribution >= 4 is 5.91 Å². The number of hydrogen-bond donors (Lipinski definition) is 5. The van der Waals surface area contributed by atoms with Crippen molar-refractivity contribution in [3.8, 4) is 0 Å². The third kappa shape index (κ3) is 6.15. The van der Waals surface area contributed by atoms with Crippen LogP contribution in [-0.2, 0) is 17.4 Å². The summed E-state index contributed by atoms with van der Waals surface area (Å²) < 4.78 is 38.6. The van der Waals surface area contributed by atoms with Crippen LogP contribution in [0.5, 0.6) is 0 Å². The van der Waals surface area contributed by atoms with E-state index in [1.54, 1.807) is 5.48 Å². The molecule has 0 spiro atoms. The summed E-state index contributed by atoms with van der Waals surface area (Å²) in [6.07, 6.45) is -3.87. The summed E-state index contributed by atoms with van der Waals surface area (Å²) in [5.74, 6) is -1.49. The number of nitrogens with two attached hydrogens (primary N) is 1. The van der Waals surface area contributed by atoms with Crippen molar-refractivity contribution in [2.45, 2.75) is 69.4 Å². The molecular weight excluding hydrogens is 389 g/mol. The molecule has 1 aromatic carbocycles. The van der Waals surface area contributed by atoms with Crippen LogP contribution in [0.2, 0.25) is 0 Å². The van der Waals surface area contributed by atoms with Gasteiger partial charge in [-0.25, -0.2) is 5.48 Å². The van der Waals surface area contributed by atoms with Gasteiger partial charge in [0, 0.05) is 6.04 Å². The molecule has 0 aromatic heterocycles. The Labute approximate surface area is 167 Å². The molecule has 29 heavy (non-hydrogen) atoms. The SMILES string of the molecule is CC1CCC(O)(C(CC(O)C(N)Cc2cccc(C(F)(F)F)c2)C(=O)NO)CC1. The van der Waals surface area contributed by atoms with E-state index >= 15 is 0 Å². The van der Waals surface area contributed by atoms with Crippen LogP contribution in [0.15, 0.2) is 24.3 Å². The van der Waals surface area contributed by atoms with E-state index in [0.29, 0.717) is 37.2 Å². The van der Waals surface area contributed by atoms with Crippen molar-refractivity contribution in [2.24, 2.45) is 17.6 Å². The first-order valence-corrected chi connectivity index (χ1v) is 9.72.